The van der Waals surface area contributed by atoms with Gasteiger partial charge in [-0.2, -0.15) is 10.2 Å². The maximum Gasteiger partial charge on any atom is 0.419 e. The number of morpholine rings is 1. The highest BCUT2D eigenvalue weighted by Gasteiger charge is 2.28. The van der Waals surface area contributed by atoms with E-state index in [4.69, 9.17) is 14.2 Å². The van der Waals surface area contributed by atoms with E-state index in [1.165, 1.54) is 12.6 Å². The van der Waals surface area contributed by atoms with Gasteiger partial charge in [0, 0.05) is 13.1 Å². The molecule has 1 amide bonds. The first kappa shape index (κ1) is 20.3. The number of tetrazole rings is 1. The van der Waals surface area contributed by atoms with Gasteiger partial charge in [0.25, 0.3) is 11.8 Å². The van der Waals surface area contributed by atoms with Crippen LogP contribution in [-0.4, -0.2) is 69.1 Å². The molecular formula is C18H26N8O4. The number of hydrogen-bond donors (Lipinski definition) is 2. The Labute approximate surface area is 173 Å². The molecule has 2 fully saturated rings. The number of nitrogens with zero attached hydrogens (tertiary/aromatic N) is 6. The molecule has 2 unspecified atom stereocenters. The number of rotatable bonds is 5. The van der Waals surface area contributed by atoms with Crippen molar-refractivity contribution in [3.63, 3.8) is 0 Å². The Morgan fingerprint density at radius 2 is 2.00 bits per heavy atom. The fourth-order valence-electron chi connectivity index (χ4n) is 3.98. The summed E-state index contributed by atoms with van der Waals surface area (Å²) in [6.07, 6.45) is 3.71. The Kier molecular flexibility index (Phi) is 6.21. The Hall–Kier alpha value is -3.02. The second-order valence-corrected chi connectivity index (χ2v) is 7.85. The van der Waals surface area contributed by atoms with Crippen LogP contribution in [0, 0.1) is 11.8 Å². The summed E-state index contributed by atoms with van der Waals surface area (Å²) in [6, 6.07) is 0. The third kappa shape index (κ3) is 5.12. The third-order valence-electron chi connectivity index (χ3n) is 5.18. The van der Waals surface area contributed by atoms with Gasteiger partial charge >= 0.3 is 6.09 Å². The van der Waals surface area contributed by atoms with Crippen LogP contribution < -0.4 is 19.7 Å². The van der Waals surface area contributed by atoms with Gasteiger partial charge in [0.1, 0.15) is 6.10 Å². The van der Waals surface area contributed by atoms with E-state index in [1.54, 1.807) is 0 Å². The van der Waals surface area contributed by atoms with Crippen molar-refractivity contribution in [2.24, 2.45) is 11.8 Å². The van der Waals surface area contributed by atoms with Gasteiger partial charge in [0.15, 0.2) is 0 Å². The summed E-state index contributed by atoms with van der Waals surface area (Å²) >= 11 is 0. The zero-order chi connectivity index (χ0) is 20.9. The lowest BCUT2D eigenvalue weighted by Crippen LogP contribution is -2.37. The third-order valence-corrected chi connectivity index (χ3v) is 5.18. The van der Waals surface area contributed by atoms with E-state index >= 15 is 0 Å². The average Bonchev–Trinajstić information content (AvgIpc) is 3.22. The molecule has 0 bridgehead atoms. The van der Waals surface area contributed by atoms with E-state index in [9.17, 15) is 4.79 Å². The fourth-order valence-corrected chi connectivity index (χ4v) is 3.98. The standard InChI is InChI=1S/C18H26N8O4/c1-11-7-12(2)9-13(8-11)29-15-14(30-18(27)21-16-22-24-25-23-16)10-19-17(20-15)26-3-5-28-6-4-26/h10-13H,3-9H2,1-2H3,(H2,21,22,23,24,25,27). The summed E-state index contributed by atoms with van der Waals surface area (Å²) in [5.74, 6) is 2.04. The number of H-pyrrole nitrogens is 1. The van der Waals surface area contributed by atoms with Crippen LogP contribution in [0.3, 0.4) is 0 Å². The molecule has 1 aliphatic carbocycles. The summed E-state index contributed by atoms with van der Waals surface area (Å²) in [4.78, 5) is 23.2. The number of aromatic nitrogens is 6. The van der Waals surface area contributed by atoms with E-state index < -0.39 is 6.09 Å². The highest BCUT2D eigenvalue weighted by Crippen LogP contribution is 2.34. The molecule has 0 spiro atoms. The minimum Gasteiger partial charge on any atom is -0.472 e. The number of ether oxygens (including phenoxy) is 3. The first-order valence-electron chi connectivity index (χ1n) is 10.2. The fraction of sp³-hybridized carbons (Fsp3) is 0.667. The quantitative estimate of drug-likeness (QED) is 0.736. The molecular weight excluding hydrogens is 392 g/mol. The predicted octanol–water partition coefficient (Wildman–Crippen LogP) is 1.64. The van der Waals surface area contributed by atoms with Crippen molar-refractivity contribution in [3.8, 4) is 11.6 Å². The van der Waals surface area contributed by atoms with Gasteiger partial charge in [0.05, 0.1) is 19.4 Å². The van der Waals surface area contributed by atoms with Crippen LogP contribution in [0.4, 0.5) is 16.7 Å². The maximum absolute atomic E-state index is 12.2. The van der Waals surface area contributed by atoms with Crippen LogP contribution in [0.1, 0.15) is 33.1 Å². The van der Waals surface area contributed by atoms with Gasteiger partial charge < -0.3 is 19.1 Å². The summed E-state index contributed by atoms with van der Waals surface area (Å²) in [7, 11) is 0. The Morgan fingerprint density at radius 1 is 1.23 bits per heavy atom. The molecule has 2 N–H and O–H groups in total. The number of amides is 1. The molecule has 2 aromatic rings. The Morgan fingerprint density at radius 3 is 2.70 bits per heavy atom. The number of nitrogens with one attached hydrogen (secondary N) is 2. The van der Waals surface area contributed by atoms with Crippen molar-refractivity contribution in [2.75, 3.05) is 36.5 Å². The number of aromatic amines is 1. The van der Waals surface area contributed by atoms with Crippen molar-refractivity contribution in [1.29, 1.82) is 0 Å². The number of anilines is 2. The zero-order valence-electron chi connectivity index (χ0n) is 17.1. The molecule has 1 aliphatic heterocycles. The van der Waals surface area contributed by atoms with Crippen LogP contribution in [0.2, 0.25) is 0 Å². The first-order chi connectivity index (χ1) is 14.6. The smallest absolute Gasteiger partial charge is 0.419 e. The van der Waals surface area contributed by atoms with Gasteiger partial charge in [-0.3, -0.25) is 5.32 Å². The number of hydrogen-bond acceptors (Lipinski definition) is 10. The monoisotopic (exact) mass is 418 g/mol. The normalized spacial score (nSPS) is 24.3. The summed E-state index contributed by atoms with van der Waals surface area (Å²) in [6.45, 7) is 7.05. The van der Waals surface area contributed by atoms with Gasteiger partial charge in [-0.05, 0) is 36.3 Å². The lowest BCUT2D eigenvalue weighted by molar-refractivity contribution is 0.0930. The molecule has 3 heterocycles. The first-order valence-corrected chi connectivity index (χ1v) is 10.2. The van der Waals surface area contributed by atoms with E-state index in [-0.39, 0.29) is 23.7 Å². The molecule has 2 aliphatic rings. The van der Waals surface area contributed by atoms with E-state index in [0.29, 0.717) is 44.1 Å². The molecule has 1 saturated carbocycles. The van der Waals surface area contributed by atoms with Crippen LogP contribution in [0.5, 0.6) is 11.6 Å². The molecule has 12 nitrogen and oxygen atoms in total. The molecule has 4 rings (SSSR count). The Bertz CT molecular complexity index is 833. The molecule has 1 saturated heterocycles. The lowest BCUT2D eigenvalue weighted by Gasteiger charge is -2.32. The molecule has 0 aromatic carbocycles. The number of carbonyl (C=O) groups excluding carboxylic acids is 1. The van der Waals surface area contributed by atoms with Crippen LogP contribution in [0.15, 0.2) is 6.20 Å². The predicted molar refractivity (Wildman–Crippen MR) is 105 cm³/mol. The highest BCUT2D eigenvalue weighted by molar-refractivity contribution is 5.84. The second-order valence-electron chi connectivity index (χ2n) is 7.85. The summed E-state index contributed by atoms with van der Waals surface area (Å²) in [5.41, 5.74) is 0. The highest BCUT2D eigenvalue weighted by atomic mass is 16.6. The molecule has 12 heteroatoms. The van der Waals surface area contributed by atoms with Gasteiger partial charge in [-0.25, -0.2) is 9.78 Å². The van der Waals surface area contributed by atoms with Crippen molar-refractivity contribution >= 4 is 18.0 Å². The van der Waals surface area contributed by atoms with Crippen molar-refractivity contribution in [3.05, 3.63) is 6.20 Å². The average molecular weight is 418 g/mol. The minimum absolute atomic E-state index is 0.00110. The summed E-state index contributed by atoms with van der Waals surface area (Å²) < 4.78 is 17.0. The second kappa shape index (κ2) is 9.20. The molecule has 2 atom stereocenters. The molecule has 30 heavy (non-hydrogen) atoms. The topological polar surface area (TPSA) is 140 Å². The van der Waals surface area contributed by atoms with Gasteiger partial charge in [0.2, 0.25) is 11.7 Å². The zero-order valence-corrected chi connectivity index (χ0v) is 17.1. The van der Waals surface area contributed by atoms with E-state index in [0.717, 1.165) is 12.8 Å². The molecule has 0 radical (unpaired) electrons. The Balaban J connectivity index is 1.53. The minimum atomic E-state index is -0.783. The SMILES string of the molecule is CC1CC(C)CC(Oc2nc(N3CCOCC3)ncc2OC(=O)Nc2nn[nH]n2)C1. The van der Waals surface area contributed by atoms with E-state index in [2.05, 4.69) is 49.8 Å². The van der Waals surface area contributed by atoms with Crippen LogP contribution in [-0.2, 0) is 4.74 Å². The largest absolute Gasteiger partial charge is 0.472 e. The summed E-state index contributed by atoms with van der Waals surface area (Å²) in [5, 5.41) is 15.3. The van der Waals surface area contributed by atoms with Crippen molar-refractivity contribution in [2.45, 2.75) is 39.2 Å². The van der Waals surface area contributed by atoms with Crippen LogP contribution >= 0.6 is 0 Å². The lowest BCUT2D eigenvalue weighted by atomic mass is 9.82. The maximum atomic E-state index is 12.2. The van der Waals surface area contributed by atoms with Crippen LogP contribution in [0.25, 0.3) is 0 Å². The molecule has 162 valence electrons. The van der Waals surface area contributed by atoms with Gasteiger partial charge in [-0.15, -0.1) is 5.10 Å². The molecule has 2 aromatic heterocycles. The van der Waals surface area contributed by atoms with Crippen molar-refractivity contribution < 1.29 is 19.0 Å². The van der Waals surface area contributed by atoms with Gasteiger partial charge in [-0.1, -0.05) is 18.9 Å². The number of carbonyl (C=O) groups is 1. The van der Waals surface area contributed by atoms with Crippen molar-refractivity contribution in [1.82, 2.24) is 30.6 Å². The van der Waals surface area contributed by atoms with E-state index in [1.807, 2.05) is 4.90 Å².